The topological polar surface area (TPSA) is 87.6 Å². The van der Waals surface area contributed by atoms with Gasteiger partial charge in [0, 0.05) is 18.2 Å². The van der Waals surface area contributed by atoms with Gasteiger partial charge in [0.2, 0.25) is 0 Å². The Kier molecular flexibility index (Phi) is 4.05. The first kappa shape index (κ1) is 15.5. The highest BCUT2D eigenvalue weighted by Crippen LogP contribution is 2.30. The number of ether oxygens (including phenoxy) is 2. The van der Waals surface area contributed by atoms with E-state index in [2.05, 4.69) is 8.75 Å². The Labute approximate surface area is 136 Å². The number of methoxy groups -OCH3 is 2. The minimum absolute atomic E-state index is 0.0365. The van der Waals surface area contributed by atoms with Crippen LogP contribution in [-0.2, 0) is 10.1 Å². The average Bonchev–Trinajstić information content (AvgIpc) is 3.02. The van der Waals surface area contributed by atoms with Gasteiger partial charge in [-0.2, -0.15) is 17.2 Å². The fourth-order valence-corrected chi connectivity index (χ4v) is 3.66. The third-order valence-corrected chi connectivity index (χ3v) is 4.87. The summed E-state index contributed by atoms with van der Waals surface area (Å²) >= 11 is 0.942. The lowest BCUT2D eigenvalue weighted by Gasteiger charge is -2.10. The standard InChI is InChI=1S/C14H12N2O5S2/c1-19-9-6-10(20-2)8-11(7-9)21-23(17,18)13-5-3-4-12-14(13)16-22-15-12/h3-8H,1-2H3. The van der Waals surface area contributed by atoms with Crippen molar-refractivity contribution >= 4 is 32.9 Å². The molecule has 0 saturated heterocycles. The van der Waals surface area contributed by atoms with Crippen LogP contribution in [0, 0.1) is 0 Å². The zero-order chi connectivity index (χ0) is 16.4. The second-order valence-electron chi connectivity index (χ2n) is 4.47. The van der Waals surface area contributed by atoms with E-state index in [-0.39, 0.29) is 16.2 Å². The Morgan fingerprint density at radius 2 is 1.61 bits per heavy atom. The maximum atomic E-state index is 12.5. The lowest BCUT2D eigenvalue weighted by molar-refractivity contribution is 0.390. The lowest BCUT2D eigenvalue weighted by atomic mass is 10.3. The van der Waals surface area contributed by atoms with Crippen LogP contribution >= 0.6 is 11.7 Å². The number of benzene rings is 2. The molecule has 2 aromatic carbocycles. The van der Waals surface area contributed by atoms with Crippen molar-refractivity contribution in [2.75, 3.05) is 14.2 Å². The Balaban J connectivity index is 2.03. The number of hydrogen-bond acceptors (Lipinski definition) is 8. The fourth-order valence-electron chi connectivity index (χ4n) is 1.98. The van der Waals surface area contributed by atoms with Crippen LogP contribution in [0.1, 0.15) is 0 Å². The van der Waals surface area contributed by atoms with E-state index in [9.17, 15) is 8.42 Å². The molecule has 0 aliphatic carbocycles. The molecule has 3 aromatic rings. The largest absolute Gasteiger partial charge is 0.496 e. The van der Waals surface area contributed by atoms with Gasteiger partial charge in [-0.15, -0.1) is 0 Å². The zero-order valence-corrected chi connectivity index (χ0v) is 13.8. The molecular weight excluding hydrogens is 340 g/mol. The average molecular weight is 352 g/mol. The van der Waals surface area contributed by atoms with Gasteiger partial charge in [-0.3, -0.25) is 0 Å². The Bertz CT molecular complexity index is 930. The van der Waals surface area contributed by atoms with Crippen molar-refractivity contribution in [3.63, 3.8) is 0 Å². The summed E-state index contributed by atoms with van der Waals surface area (Å²) in [5.74, 6) is 0.924. The Morgan fingerprint density at radius 3 is 2.26 bits per heavy atom. The Hall–Kier alpha value is -2.39. The first-order valence-electron chi connectivity index (χ1n) is 6.42. The van der Waals surface area contributed by atoms with Crippen LogP contribution in [0.5, 0.6) is 17.2 Å². The van der Waals surface area contributed by atoms with Gasteiger partial charge in [0.1, 0.15) is 33.2 Å². The molecule has 120 valence electrons. The quantitative estimate of drug-likeness (QED) is 0.652. The molecule has 0 aliphatic heterocycles. The molecule has 0 bridgehead atoms. The predicted octanol–water partition coefficient (Wildman–Crippen LogP) is 2.48. The monoisotopic (exact) mass is 352 g/mol. The van der Waals surface area contributed by atoms with E-state index in [1.807, 2.05) is 0 Å². The van der Waals surface area contributed by atoms with E-state index in [1.165, 1.54) is 32.4 Å². The highest BCUT2D eigenvalue weighted by molar-refractivity contribution is 7.87. The van der Waals surface area contributed by atoms with E-state index in [0.717, 1.165) is 11.7 Å². The molecule has 0 aliphatic rings. The van der Waals surface area contributed by atoms with Crippen LogP contribution in [-0.4, -0.2) is 31.4 Å². The zero-order valence-electron chi connectivity index (χ0n) is 12.2. The second-order valence-corrected chi connectivity index (χ2v) is 6.52. The van der Waals surface area contributed by atoms with Crippen LogP contribution in [0.2, 0.25) is 0 Å². The molecule has 23 heavy (non-hydrogen) atoms. The van der Waals surface area contributed by atoms with Crippen molar-refractivity contribution in [1.82, 2.24) is 8.75 Å². The normalized spacial score (nSPS) is 11.4. The first-order chi connectivity index (χ1) is 11.0. The van der Waals surface area contributed by atoms with Crippen molar-refractivity contribution in [2.45, 2.75) is 4.90 Å². The number of fused-ring (bicyclic) bond motifs is 1. The molecule has 7 nitrogen and oxygen atoms in total. The summed E-state index contributed by atoms with van der Waals surface area (Å²) in [6, 6.07) is 9.23. The molecule has 0 N–H and O–H groups in total. The summed E-state index contributed by atoms with van der Waals surface area (Å²) in [6.45, 7) is 0. The van der Waals surface area contributed by atoms with Gasteiger partial charge < -0.3 is 13.7 Å². The molecule has 0 radical (unpaired) electrons. The van der Waals surface area contributed by atoms with Gasteiger partial charge in [0.25, 0.3) is 0 Å². The molecule has 0 atom stereocenters. The van der Waals surface area contributed by atoms with Crippen molar-refractivity contribution < 1.29 is 22.1 Å². The lowest BCUT2D eigenvalue weighted by Crippen LogP contribution is -2.10. The molecule has 1 aromatic heterocycles. The van der Waals surface area contributed by atoms with Crippen LogP contribution in [0.15, 0.2) is 41.3 Å². The summed E-state index contributed by atoms with van der Waals surface area (Å²) in [6.07, 6.45) is 0. The number of nitrogens with zero attached hydrogens (tertiary/aromatic N) is 2. The SMILES string of the molecule is COc1cc(OC)cc(OS(=O)(=O)c2cccc3nsnc23)c1. The molecule has 3 rings (SSSR count). The fraction of sp³-hybridized carbons (Fsp3) is 0.143. The van der Waals surface area contributed by atoms with Crippen LogP contribution in [0.3, 0.4) is 0 Å². The third kappa shape index (κ3) is 3.06. The highest BCUT2D eigenvalue weighted by Gasteiger charge is 2.22. The van der Waals surface area contributed by atoms with Crippen molar-refractivity contribution in [1.29, 1.82) is 0 Å². The molecule has 0 fully saturated rings. The minimum Gasteiger partial charge on any atom is -0.496 e. The van der Waals surface area contributed by atoms with Gasteiger partial charge in [0.05, 0.1) is 25.9 Å². The summed E-state index contributed by atoms with van der Waals surface area (Å²) in [5.41, 5.74) is 0.787. The molecule has 0 amide bonds. The Morgan fingerprint density at radius 1 is 0.957 bits per heavy atom. The van der Waals surface area contributed by atoms with E-state index >= 15 is 0 Å². The molecule has 0 spiro atoms. The smallest absolute Gasteiger partial charge is 0.341 e. The van der Waals surface area contributed by atoms with Crippen molar-refractivity contribution in [2.24, 2.45) is 0 Å². The molecule has 0 saturated carbocycles. The van der Waals surface area contributed by atoms with E-state index < -0.39 is 10.1 Å². The van der Waals surface area contributed by atoms with E-state index in [0.29, 0.717) is 17.0 Å². The van der Waals surface area contributed by atoms with Gasteiger partial charge in [-0.05, 0) is 12.1 Å². The number of aromatic nitrogens is 2. The summed E-state index contributed by atoms with van der Waals surface area (Å²) in [7, 11) is -1.13. The van der Waals surface area contributed by atoms with Gasteiger partial charge >= 0.3 is 10.1 Å². The van der Waals surface area contributed by atoms with Crippen molar-refractivity contribution in [3.05, 3.63) is 36.4 Å². The molecule has 0 unspecified atom stereocenters. The van der Waals surface area contributed by atoms with Crippen molar-refractivity contribution in [3.8, 4) is 17.2 Å². The maximum Gasteiger partial charge on any atom is 0.341 e. The second kappa shape index (κ2) is 6.01. The molecule has 9 heteroatoms. The number of hydrogen-bond donors (Lipinski definition) is 0. The summed E-state index contributed by atoms with van der Waals surface area (Å²) in [4.78, 5) is -0.0365. The van der Waals surface area contributed by atoms with E-state index in [1.54, 1.807) is 18.2 Å². The summed E-state index contributed by atoms with van der Waals surface area (Å²) in [5, 5.41) is 0. The first-order valence-corrected chi connectivity index (χ1v) is 8.56. The maximum absolute atomic E-state index is 12.5. The van der Waals surface area contributed by atoms with Gasteiger partial charge in [0.15, 0.2) is 0 Å². The summed E-state index contributed by atoms with van der Waals surface area (Å²) < 4.78 is 48.5. The van der Waals surface area contributed by atoms with Crippen LogP contribution in [0.25, 0.3) is 11.0 Å². The van der Waals surface area contributed by atoms with Crippen LogP contribution < -0.4 is 13.7 Å². The minimum atomic E-state index is -4.07. The van der Waals surface area contributed by atoms with Crippen LogP contribution in [0.4, 0.5) is 0 Å². The van der Waals surface area contributed by atoms with Gasteiger partial charge in [-0.1, -0.05) is 6.07 Å². The molecular formula is C14H12N2O5S2. The number of rotatable bonds is 5. The third-order valence-electron chi connectivity index (χ3n) is 3.05. The van der Waals surface area contributed by atoms with E-state index in [4.69, 9.17) is 13.7 Å². The van der Waals surface area contributed by atoms with Gasteiger partial charge in [-0.25, -0.2) is 0 Å². The molecule has 1 heterocycles. The predicted molar refractivity (Wildman–Crippen MR) is 84.8 cm³/mol. The highest BCUT2D eigenvalue weighted by atomic mass is 32.2.